The van der Waals surface area contributed by atoms with Gasteiger partial charge in [-0.15, -0.1) is 0 Å². The highest BCUT2D eigenvalue weighted by Crippen LogP contribution is 2.24. The lowest BCUT2D eigenvalue weighted by molar-refractivity contribution is 0.0325. The quantitative estimate of drug-likeness (QED) is 0.818. The molecule has 0 saturated carbocycles. The van der Waals surface area contributed by atoms with Crippen LogP contribution in [0.15, 0.2) is 18.2 Å². The minimum Gasteiger partial charge on any atom is -0.491 e. The van der Waals surface area contributed by atoms with Crippen molar-refractivity contribution in [1.29, 1.82) is 0 Å². The van der Waals surface area contributed by atoms with Gasteiger partial charge in [0.1, 0.15) is 5.75 Å². The number of nitrogens with zero attached hydrogens (tertiary/aromatic N) is 1. The van der Waals surface area contributed by atoms with E-state index in [1.54, 1.807) is 11.0 Å². The lowest BCUT2D eigenvalue weighted by Crippen LogP contribution is -2.38. The first kappa shape index (κ1) is 19.2. The first-order valence-electron chi connectivity index (χ1n) is 8.75. The summed E-state index contributed by atoms with van der Waals surface area (Å²) in [4.78, 5) is 26.1. The van der Waals surface area contributed by atoms with Gasteiger partial charge in [-0.1, -0.05) is 0 Å². The van der Waals surface area contributed by atoms with Gasteiger partial charge in [0.2, 0.25) is 0 Å². The summed E-state index contributed by atoms with van der Waals surface area (Å²) in [6, 6.07) is 4.50. The first-order valence-corrected chi connectivity index (χ1v) is 8.75. The minimum absolute atomic E-state index is 0.0258. The van der Waals surface area contributed by atoms with Crippen molar-refractivity contribution in [2.45, 2.75) is 58.8 Å². The molecule has 0 aromatic heterocycles. The number of carbonyl (C=O) groups is 2. The summed E-state index contributed by atoms with van der Waals surface area (Å²) in [7, 11) is 0. The molecule has 2 rings (SSSR count). The van der Waals surface area contributed by atoms with E-state index in [4.69, 9.17) is 9.47 Å². The minimum atomic E-state index is -1.08. The second kappa shape index (κ2) is 8.34. The van der Waals surface area contributed by atoms with Crippen molar-refractivity contribution in [2.75, 3.05) is 13.2 Å². The van der Waals surface area contributed by atoms with Crippen molar-refractivity contribution in [1.82, 2.24) is 4.90 Å². The number of hydrogen-bond acceptors (Lipinski definition) is 4. The molecule has 1 fully saturated rings. The number of carboxylic acid groups (broad SMARTS) is 1. The number of aromatic carboxylic acids is 1. The van der Waals surface area contributed by atoms with E-state index in [0.717, 1.165) is 12.8 Å². The molecule has 1 aromatic rings. The van der Waals surface area contributed by atoms with Crippen LogP contribution >= 0.6 is 0 Å². The van der Waals surface area contributed by atoms with Gasteiger partial charge in [-0.05, 0) is 58.7 Å². The Kier molecular flexibility index (Phi) is 6.42. The standard InChI is InChI=1S/C19H27NO5/c1-12(2)24-11-16-6-5-7-20(16)18(21)14-8-15(19(22)23)10-17(9-14)25-13(3)4/h8-10,12-13,16H,5-7,11H2,1-4H3,(H,22,23)/t16-/m1/s1. The number of rotatable bonds is 7. The first-order chi connectivity index (χ1) is 11.8. The highest BCUT2D eigenvalue weighted by molar-refractivity contribution is 5.98. The molecule has 6 nitrogen and oxygen atoms in total. The molecule has 1 aliphatic rings. The van der Waals surface area contributed by atoms with E-state index in [9.17, 15) is 14.7 Å². The average Bonchev–Trinajstić information content (AvgIpc) is 2.99. The van der Waals surface area contributed by atoms with Gasteiger partial charge in [-0.3, -0.25) is 4.79 Å². The molecule has 25 heavy (non-hydrogen) atoms. The fourth-order valence-electron chi connectivity index (χ4n) is 2.93. The van der Waals surface area contributed by atoms with Crippen LogP contribution in [-0.4, -0.2) is 53.3 Å². The molecule has 1 heterocycles. The molecule has 0 aliphatic carbocycles. The highest BCUT2D eigenvalue weighted by Gasteiger charge is 2.30. The fraction of sp³-hybridized carbons (Fsp3) is 0.579. The van der Waals surface area contributed by atoms with Crippen LogP contribution in [0.25, 0.3) is 0 Å². The average molecular weight is 349 g/mol. The molecule has 0 bridgehead atoms. The van der Waals surface area contributed by atoms with E-state index in [1.165, 1.54) is 12.1 Å². The van der Waals surface area contributed by atoms with Crippen molar-refractivity contribution in [2.24, 2.45) is 0 Å². The van der Waals surface area contributed by atoms with Crippen LogP contribution in [0.4, 0.5) is 0 Å². The van der Waals surface area contributed by atoms with Crippen LogP contribution in [-0.2, 0) is 4.74 Å². The number of ether oxygens (including phenoxy) is 2. The number of benzene rings is 1. The van der Waals surface area contributed by atoms with Crippen LogP contribution < -0.4 is 4.74 Å². The molecule has 1 aliphatic heterocycles. The lowest BCUT2D eigenvalue weighted by atomic mass is 10.1. The van der Waals surface area contributed by atoms with Crippen LogP contribution in [0.2, 0.25) is 0 Å². The Morgan fingerprint density at radius 3 is 2.44 bits per heavy atom. The van der Waals surface area contributed by atoms with Gasteiger partial charge < -0.3 is 19.5 Å². The van der Waals surface area contributed by atoms with Gasteiger partial charge in [0.15, 0.2) is 0 Å². The summed E-state index contributed by atoms with van der Waals surface area (Å²) in [5, 5.41) is 9.31. The molecule has 0 radical (unpaired) electrons. The Bertz CT molecular complexity index is 626. The molecule has 1 amide bonds. The van der Waals surface area contributed by atoms with Crippen molar-refractivity contribution >= 4 is 11.9 Å². The van der Waals surface area contributed by atoms with E-state index >= 15 is 0 Å². The Hall–Kier alpha value is -2.08. The van der Waals surface area contributed by atoms with Gasteiger partial charge >= 0.3 is 5.97 Å². The maximum Gasteiger partial charge on any atom is 0.335 e. The molecule has 0 spiro atoms. The van der Waals surface area contributed by atoms with Crippen molar-refractivity contribution in [3.05, 3.63) is 29.3 Å². The summed E-state index contributed by atoms with van der Waals surface area (Å²) < 4.78 is 11.3. The smallest absolute Gasteiger partial charge is 0.335 e. The van der Waals surface area contributed by atoms with Crippen molar-refractivity contribution < 1.29 is 24.2 Å². The third kappa shape index (κ3) is 5.19. The van der Waals surface area contributed by atoms with Gasteiger partial charge in [0.25, 0.3) is 5.91 Å². The largest absolute Gasteiger partial charge is 0.491 e. The molecule has 6 heteroatoms. The van der Waals surface area contributed by atoms with Gasteiger partial charge in [0.05, 0.1) is 30.4 Å². The zero-order valence-electron chi connectivity index (χ0n) is 15.3. The Morgan fingerprint density at radius 1 is 1.16 bits per heavy atom. The number of likely N-dealkylation sites (tertiary alicyclic amines) is 1. The van der Waals surface area contributed by atoms with Crippen LogP contribution in [0.3, 0.4) is 0 Å². The van der Waals surface area contributed by atoms with E-state index in [1.807, 2.05) is 27.7 Å². The molecular formula is C19H27NO5. The maximum atomic E-state index is 12.9. The Balaban J connectivity index is 2.24. The van der Waals surface area contributed by atoms with Crippen LogP contribution in [0.5, 0.6) is 5.75 Å². The normalized spacial score (nSPS) is 17.4. The lowest BCUT2D eigenvalue weighted by Gasteiger charge is -2.26. The SMILES string of the molecule is CC(C)OC[C@H]1CCCN1C(=O)c1cc(OC(C)C)cc(C(=O)O)c1. The summed E-state index contributed by atoms with van der Waals surface area (Å²) in [6.07, 6.45) is 1.82. The van der Waals surface area contributed by atoms with E-state index in [2.05, 4.69) is 0 Å². The van der Waals surface area contributed by atoms with E-state index in [0.29, 0.717) is 24.5 Å². The molecule has 138 valence electrons. The van der Waals surface area contributed by atoms with Crippen LogP contribution in [0, 0.1) is 0 Å². The van der Waals surface area contributed by atoms with Gasteiger partial charge in [-0.2, -0.15) is 0 Å². The zero-order chi connectivity index (χ0) is 18.6. The highest BCUT2D eigenvalue weighted by atomic mass is 16.5. The summed E-state index contributed by atoms with van der Waals surface area (Å²) in [6.45, 7) is 8.79. The molecular weight excluding hydrogens is 322 g/mol. The van der Waals surface area contributed by atoms with Gasteiger partial charge in [0, 0.05) is 12.1 Å². The number of hydrogen-bond donors (Lipinski definition) is 1. The van der Waals surface area contributed by atoms with Crippen molar-refractivity contribution in [3.8, 4) is 5.75 Å². The summed E-state index contributed by atoms with van der Waals surface area (Å²) in [5.41, 5.74) is 0.391. The van der Waals surface area contributed by atoms with E-state index in [-0.39, 0.29) is 29.7 Å². The van der Waals surface area contributed by atoms with Crippen molar-refractivity contribution in [3.63, 3.8) is 0 Å². The maximum absolute atomic E-state index is 12.9. The monoisotopic (exact) mass is 349 g/mol. The second-order valence-corrected chi connectivity index (χ2v) is 6.89. The predicted octanol–water partition coefficient (Wildman–Crippen LogP) is 3.20. The Morgan fingerprint density at radius 2 is 1.84 bits per heavy atom. The second-order valence-electron chi connectivity index (χ2n) is 6.89. The summed E-state index contributed by atoms with van der Waals surface area (Å²) in [5.74, 6) is -0.858. The molecule has 1 N–H and O–H groups in total. The molecule has 1 aromatic carbocycles. The van der Waals surface area contributed by atoms with Crippen LogP contribution in [0.1, 0.15) is 61.3 Å². The predicted molar refractivity (Wildman–Crippen MR) is 94.3 cm³/mol. The third-order valence-corrected chi connectivity index (χ3v) is 4.03. The van der Waals surface area contributed by atoms with E-state index < -0.39 is 5.97 Å². The topological polar surface area (TPSA) is 76.1 Å². The third-order valence-electron chi connectivity index (χ3n) is 4.03. The Labute approximate surface area is 148 Å². The summed E-state index contributed by atoms with van der Waals surface area (Å²) >= 11 is 0. The zero-order valence-corrected chi connectivity index (χ0v) is 15.3. The number of amides is 1. The van der Waals surface area contributed by atoms with Gasteiger partial charge in [-0.25, -0.2) is 4.79 Å². The fourth-order valence-corrected chi connectivity index (χ4v) is 2.93. The molecule has 1 atom stereocenters. The molecule has 1 saturated heterocycles. The number of carboxylic acids is 1. The molecule has 0 unspecified atom stereocenters. The number of carbonyl (C=O) groups excluding carboxylic acids is 1.